The van der Waals surface area contributed by atoms with E-state index in [1.54, 1.807) is 23.1 Å². The number of halogens is 2. The predicted molar refractivity (Wildman–Crippen MR) is 79.3 cm³/mol. The molecule has 2 heterocycles. The van der Waals surface area contributed by atoms with Crippen LogP contribution in [-0.2, 0) is 21.6 Å². The number of ether oxygens (including phenoxy) is 2. The lowest BCUT2D eigenvalue weighted by Gasteiger charge is -2.30. The number of hydrogen-bond donors (Lipinski definition) is 0. The van der Waals surface area contributed by atoms with E-state index in [1.165, 1.54) is 6.33 Å². The van der Waals surface area contributed by atoms with Gasteiger partial charge >= 0.3 is 0 Å². The fourth-order valence-electron chi connectivity index (χ4n) is 2.55. The Balaban J connectivity index is 2.04. The molecule has 1 saturated heterocycles. The first-order chi connectivity index (χ1) is 9.90. The maximum absolute atomic E-state index is 6.37. The first kappa shape index (κ1) is 14.8. The van der Waals surface area contributed by atoms with Crippen LogP contribution in [0.2, 0.25) is 10.0 Å². The number of aromatic nitrogens is 3. The molecule has 1 aliphatic heterocycles. The van der Waals surface area contributed by atoms with Gasteiger partial charge in [0.2, 0.25) is 0 Å². The minimum Gasteiger partial charge on any atom is -0.347 e. The maximum Gasteiger partial charge on any atom is 0.164 e. The Hall–Kier alpha value is -1.14. The lowest BCUT2D eigenvalue weighted by atomic mass is 9.94. The highest BCUT2D eigenvalue weighted by Gasteiger charge is 2.48. The molecule has 0 radical (unpaired) electrons. The van der Waals surface area contributed by atoms with Crippen LogP contribution >= 0.6 is 23.2 Å². The van der Waals surface area contributed by atoms with E-state index in [0.29, 0.717) is 23.2 Å². The summed E-state index contributed by atoms with van der Waals surface area (Å²) in [6, 6.07) is 5.36. The monoisotopic (exact) mass is 327 g/mol. The molecule has 0 aliphatic carbocycles. The summed E-state index contributed by atoms with van der Waals surface area (Å²) in [6.45, 7) is 4.58. The lowest BCUT2D eigenvalue weighted by Crippen LogP contribution is -2.36. The number of nitrogens with zero attached hydrogens (tertiary/aromatic N) is 3. The number of rotatable bonds is 3. The normalized spacial score (nSPS) is 24.4. The van der Waals surface area contributed by atoms with Crippen LogP contribution in [0.4, 0.5) is 0 Å². The van der Waals surface area contributed by atoms with Crippen LogP contribution in [0.1, 0.15) is 19.4 Å². The van der Waals surface area contributed by atoms with E-state index in [4.69, 9.17) is 32.7 Å². The molecule has 112 valence electrons. The second-order valence-corrected chi connectivity index (χ2v) is 6.35. The zero-order valence-electron chi connectivity index (χ0n) is 11.7. The summed E-state index contributed by atoms with van der Waals surface area (Å²) < 4.78 is 13.7. The SMILES string of the molecule is CC1(C)OCC(Cn2cncn2)(c2ccc(Cl)cc2Cl)O1. The third-order valence-corrected chi connectivity index (χ3v) is 3.95. The van der Waals surface area contributed by atoms with Gasteiger partial charge in [-0.15, -0.1) is 0 Å². The average Bonchev–Trinajstić information content (AvgIpc) is 2.98. The Kier molecular flexibility index (Phi) is 3.69. The Morgan fingerprint density at radius 1 is 1.33 bits per heavy atom. The predicted octanol–water partition coefficient (Wildman–Crippen LogP) is 3.26. The Labute approximate surface area is 132 Å². The van der Waals surface area contributed by atoms with E-state index in [9.17, 15) is 0 Å². The number of benzene rings is 1. The summed E-state index contributed by atoms with van der Waals surface area (Å²) in [7, 11) is 0. The lowest BCUT2D eigenvalue weighted by molar-refractivity contribution is -0.167. The van der Waals surface area contributed by atoms with Crippen LogP contribution in [-0.4, -0.2) is 27.2 Å². The van der Waals surface area contributed by atoms with Gasteiger partial charge in [-0.05, 0) is 26.0 Å². The second kappa shape index (κ2) is 5.25. The molecule has 7 heteroatoms. The van der Waals surface area contributed by atoms with E-state index in [0.717, 1.165) is 5.56 Å². The molecule has 5 nitrogen and oxygen atoms in total. The first-order valence-corrected chi connectivity index (χ1v) is 7.28. The van der Waals surface area contributed by atoms with Crippen LogP contribution in [0.15, 0.2) is 30.9 Å². The van der Waals surface area contributed by atoms with E-state index < -0.39 is 11.4 Å². The van der Waals surface area contributed by atoms with Gasteiger partial charge in [0.15, 0.2) is 5.79 Å². The van der Waals surface area contributed by atoms with Gasteiger partial charge in [-0.2, -0.15) is 5.10 Å². The minimum absolute atomic E-state index is 0.376. The average molecular weight is 328 g/mol. The molecule has 1 unspecified atom stereocenters. The molecular weight excluding hydrogens is 313 g/mol. The van der Waals surface area contributed by atoms with Crippen LogP contribution in [0.3, 0.4) is 0 Å². The van der Waals surface area contributed by atoms with Gasteiger partial charge in [-0.1, -0.05) is 29.3 Å². The van der Waals surface area contributed by atoms with Crippen LogP contribution in [0.25, 0.3) is 0 Å². The van der Waals surface area contributed by atoms with Crippen molar-refractivity contribution in [1.29, 1.82) is 0 Å². The fourth-order valence-corrected chi connectivity index (χ4v) is 3.13. The highest BCUT2D eigenvalue weighted by Crippen LogP contribution is 2.43. The molecule has 0 saturated carbocycles. The Morgan fingerprint density at radius 2 is 2.14 bits per heavy atom. The summed E-state index contributed by atoms with van der Waals surface area (Å²) in [5, 5.41) is 5.27. The first-order valence-electron chi connectivity index (χ1n) is 6.52. The van der Waals surface area contributed by atoms with Crippen molar-refractivity contribution < 1.29 is 9.47 Å². The molecule has 2 aromatic rings. The highest BCUT2D eigenvalue weighted by atomic mass is 35.5. The molecule has 0 bridgehead atoms. The van der Waals surface area contributed by atoms with E-state index in [2.05, 4.69) is 10.1 Å². The van der Waals surface area contributed by atoms with Crippen molar-refractivity contribution in [3.63, 3.8) is 0 Å². The van der Waals surface area contributed by atoms with Crippen molar-refractivity contribution >= 4 is 23.2 Å². The summed E-state index contributed by atoms with van der Waals surface area (Å²) in [6.07, 6.45) is 3.12. The third-order valence-electron chi connectivity index (χ3n) is 3.40. The molecule has 1 fully saturated rings. The molecule has 1 aromatic carbocycles. The van der Waals surface area contributed by atoms with Gasteiger partial charge < -0.3 is 9.47 Å². The van der Waals surface area contributed by atoms with Crippen molar-refractivity contribution in [3.8, 4) is 0 Å². The molecule has 1 aliphatic rings. The van der Waals surface area contributed by atoms with Crippen LogP contribution < -0.4 is 0 Å². The largest absolute Gasteiger partial charge is 0.347 e. The summed E-state index contributed by atoms with van der Waals surface area (Å²) in [4.78, 5) is 3.96. The molecule has 1 atom stereocenters. The van der Waals surface area contributed by atoms with E-state index >= 15 is 0 Å². The van der Waals surface area contributed by atoms with Crippen molar-refractivity contribution in [2.75, 3.05) is 6.61 Å². The zero-order chi connectivity index (χ0) is 15.1. The summed E-state index contributed by atoms with van der Waals surface area (Å²) >= 11 is 12.4. The highest BCUT2D eigenvalue weighted by molar-refractivity contribution is 6.35. The maximum atomic E-state index is 6.37. The van der Waals surface area contributed by atoms with Crippen molar-refractivity contribution in [1.82, 2.24) is 14.8 Å². The number of hydrogen-bond acceptors (Lipinski definition) is 4. The summed E-state index contributed by atoms with van der Waals surface area (Å²) in [5.41, 5.74) is 0.105. The fraction of sp³-hybridized carbons (Fsp3) is 0.429. The quantitative estimate of drug-likeness (QED) is 0.868. The molecular formula is C14H15Cl2N3O2. The van der Waals surface area contributed by atoms with E-state index in [1.807, 2.05) is 19.9 Å². The van der Waals surface area contributed by atoms with Crippen molar-refractivity contribution in [2.45, 2.75) is 31.8 Å². The van der Waals surface area contributed by atoms with Crippen LogP contribution in [0, 0.1) is 0 Å². The molecule has 1 aromatic heterocycles. The topological polar surface area (TPSA) is 49.2 Å². The van der Waals surface area contributed by atoms with Crippen LogP contribution in [0.5, 0.6) is 0 Å². The molecule has 3 rings (SSSR count). The van der Waals surface area contributed by atoms with Gasteiger partial charge in [-0.3, -0.25) is 0 Å². The van der Waals surface area contributed by atoms with Gasteiger partial charge in [0.25, 0.3) is 0 Å². The molecule has 0 spiro atoms. The van der Waals surface area contributed by atoms with Crippen molar-refractivity contribution in [3.05, 3.63) is 46.5 Å². The molecule has 0 amide bonds. The molecule has 21 heavy (non-hydrogen) atoms. The zero-order valence-corrected chi connectivity index (χ0v) is 13.2. The van der Waals surface area contributed by atoms with Gasteiger partial charge in [0.1, 0.15) is 18.3 Å². The third kappa shape index (κ3) is 2.92. The second-order valence-electron chi connectivity index (χ2n) is 5.50. The van der Waals surface area contributed by atoms with Gasteiger partial charge in [0, 0.05) is 15.6 Å². The smallest absolute Gasteiger partial charge is 0.164 e. The Bertz CT molecular complexity index is 646. The van der Waals surface area contributed by atoms with Gasteiger partial charge in [0.05, 0.1) is 13.2 Å². The van der Waals surface area contributed by atoms with Gasteiger partial charge in [-0.25, -0.2) is 9.67 Å². The Morgan fingerprint density at radius 3 is 2.71 bits per heavy atom. The minimum atomic E-state index is -0.723. The van der Waals surface area contributed by atoms with E-state index in [-0.39, 0.29) is 0 Å². The van der Waals surface area contributed by atoms with Crippen molar-refractivity contribution in [2.24, 2.45) is 0 Å². The standard InChI is InChI=1S/C14H15Cl2N3O2/c1-13(2)20-7-14(21-13,6-19-9-17-8-18-19)11-4-3-10(15)5-12(11)16/h3-5,8-9H,6-7H2,1-2H3. The summed E-state index contributed by atoms with van der Waals surface area (Å²) in [5.74, 6) is -0.691. The molecule has 0 N–H and O–H groups in total.